The second kappa shape index (κ2) is 6.68. The molecule has 8 heteroatoms. The Morgan fingerprint density at radius 2 is 1.70 bits per heavy atom. The SMILES string of the molecule is COc1ccnc(N2CCN(c3ccc4nc(C(C)(C)C)cn4n3)CC2)n1. The van der Waals surface area contributed by atoms with Crippen molar-refractivity contribution in [3.63, 3.8) is 0 Å². The van der Waals surface area contributed by atoms with E-state index in [1.165, 1.54) is 0 Å². The summed E-state index contributed by atoms with van der Waals surface area (Å²) in [4.78, 5) is 17.9. The van der Waals surface area contributed by atoms with Crippen LogP contribution in [-0.4, -0.2) is 57.9 Å². The van der Waals surface area contributed by atoms with E-state index in [4.69, 9.17) is 9.84 Å². The minimum atomic E-state index is 0.0101. The Bertz CT molecular complexity index is 939. The van der Waals surface area contributed by atoms with E-state index in [9.17, 15) is 0 Å². The van der Waals surface area contributed by atoms with Crippen LogP contribution in [0.5, 0.6) is 5.88 Å². The number of hydrogen-bond acceptors (Lipinski definition) is 7. The maximum atomic E-state index is 5.20. The number of methoxy groups -OCH3 is 1. The van der Waals surface area contributed by atoms with Gasteiger partial charge in [-0.3, -0.25) is 0 Å². The van der Waals surface area contributed by atoms with Gasteiger partial charge in [0.05, 0.1) is 19.0 Å². The number of ether oxygens (including phenoxy) is 1. The Morgan fingerprint density at radius 3 is 2.41 bits per heavy atom. The third-order valence-electron chi connectivity index (χ3n) is 4.79. The highest BCUT2D eigenvalue weighted by atomic mass is 16.5. The number of aromatic nitrogens is 5. The van der Waals surface area contributed by atoms with Crippen molar-refractivity contribution in [2.45, 2.75) is 26.2 Å². The summed E-state index contributed by atoms with van der Waals surface area (Å²) >= 11 is 0. The topological polar surface area (TPSA) is 71.7 Å². The zero-order valence-corrected chi connectivity index (χ0v) is 16.3. The van der Waals surface area contributed by atoms with Gasteiger partial charge in [-0.15, -0.1) is 5.10 Å². The molecule has 3 aromatic heterocycles. The lowest BCUT2D eigenvalue weighted by molar-refractivity contribution is 0.396. The first-order chi connectivity index (χ1) is 12.9. The standard InChI is InChI=1S/C19H25N7O/c1-19(2,3)14-13-26-15(21-14)5-6-16(23-26)24-9-11-25(12-10-24)18-20-8-7-17(22-18)27-4/h5-8,13H,9-12H2,1-4H3. The van der Waals surface area contributed by atoms with Gasteiger partial charge in [0.2, 0.25) is 11.8 Å². The molecule has 4 heterocycles. The summed E-state index contributed by atoms with van der Waals surface area (Å²) in [5.41, 5.74) is 1.94. The lowest BCUT2D eigenvalue weighted by atomic mass is 9.93. The first-order valence-electron chi connectivity index (χ1n) is 9.18. The van der Waals surface area contributed by atoms with E-state index >= 15 is 0 Å². The molecule has 1 aliphatic heterocycles. The van der Waals surface area contributed by atoms with Gasteiger partial charge in [-0.1, -0.05) is 20.8 Å². The van der Waals surface area contributed by atoms with Gasteiger partial charge in [0.25, 0.3) is 0 Å². The maximum absolute atomic E-state index is 5.20. The predicted molar refractivity (Wildman–Crippen MR) is 105 cm³/mol. The Balaban J connectivity index is 1.49. The van der Waals surface area contributed by atoms with E-state index in [2.05, 4.69) is 45.5 Å². The fourth-order valence-electron chi connectivity index (χ4n) is 3.14. The summed E-state index contributed by atoms with van der Waals surface area (Å²) < 4.78 is 7.08. The smallest absolute Gasteiger partial charge is 0.228 e. The van der Waals surface area contributed by atoms with Crippen molar-refractivity contribution < 1.29 is 4.74 Å². The monoisotopic (exact) mass is 367 g/mol. The molecule has 8 nitrogen and oxygen atoms in total. The molecule has 0 unspecified atom stereocenters. The van der Waals surface area contributed by atoms with Gasteiger partial charge in [0.1, 0.15) is 5.82 Å². The molecule has 1 fully saturated rings. The van der Waals surface area contributed by atoms with Gasteiger partial charge < -0.3 is 14.5 Å². The molecule has 1 saturated heterocycles. The van der Waals surface area contributed by atoms with Gasteiger partial charge in [-0.05, 0) is 12.1 Å². The summed E-state index contributed by atoms with van der Waals surface area (Å²) in [6.07, 6.45) is 3.76. The highest BCUT2D eigenvalue weighted by Crippen LogP contribution is 2.23. The first-order valence-corrected chi connectivity index (χ1v) is 9.18. The van der Waals surface area contributed by atoms with E-state index in [-0.39, 0.29) is 5.41 Å². The van der Waals surface area contributed by atoms with Crippen LogP contribution in [0.2, 0.25) is 0 Å². The highest BCUT2D eigenvalue weighted by Gasteiger charge is 2.22. The molecule has 0 aliphatic carbocycles. The molecule has 0 spiro atoms. The van der Waals surface area contributed by atoms with Crippen LogP contribution in [0.25, 0.3) is 5.65 Å². The zero-order chi connectivity index (χ0) is 19.0. The number of piperazine rings is 1. The molecule has 0 bridgehead atoms. The number of nitrogens with zero attached hydrogens (tertiary/aromatic N) is 7. The van der Waals surface area contributed by atoms with Crippen LogP contribution in [0, 0.1) is 0 Å². The van der Waals surface area contributed by atoms with Crippen molar-refractivity contribution in [3.05, 3.63) is 36.3 Å². The zero-order valence-electron chi connectivity index (χ0n) is 16.3. The predicted octanol–water partition coefficient (Wildman–Crippen LogP) is 2.15. The van der Waals surface area contributed by atoms with Crippen molar-refractivity contribution in [2.24, 2.45) is 0 Å². The van der Waals surface area contributed by atoms with Gasteiger partial charge >= 0.3 is 0 Å². The van der Waals surface area contributed by atoms with Crippen LogP contribution < -0.4 is 14.5 Å². The van der Waals surface area contributed by atoms with Crippen molar-refractivity contribution >= 4 is 17.4 Å². The average Bonchev–Trinajstić information content (AvgIpc) is 3.12. The van der Waals surface area contributed by atoms with E-state index in [1.807, 2.05) is 22.8 Å². The van der Waals surface area contributed by atoms with Crippen LogP contribution in [-0.2, 0) is 5.41 Å². The fourth-order valence-corrected chi connectivity index (χ4v) is 3.14. The van der Waals surface area contributed by atoms with Gasteiger partial charge in [0.15, 0.2) is 5.65 Å². The second-order valence-electron chi connectivity index (χ2n) is 7.74. The van der Waals surface area contributed by atoms with Crippen LogP contribution in [0.4, 0.5) is 11.8 Å². The number of fused-ring (bicyclic) bond motifs is 1. The number of hydrogen-bond donors (Lipinski definition) is 0. The van der Waals surface area contributed by atoms with Crippen molar-refractivity contribution in [3.8, 4) is 5.88 Å². The molecule has 27 heavy (non-hydrogen) atoms. The molecule has 0 atom stereocenters. The second-order valence-corrected chi connectivity index (χ2v) is 7.74. The largest absolute Gasteiger partial charge is 0.481 e. The van der Waals surface area contributed by atoms with E-state index in [0.717, 1.165) is 43.3 Å². The summed E-state index contributed by atoms with van der Waals surface area (Å²) in [7, 11) is 1.62. The summed E-state index contributed by atoms with van der Waals surface area (Å²) in [5.74, 6) is 2.26. The third kappa shape index (κ3) is 3.51. The van der Waals surface area contributed by atoms with Gasteiger partial charge in [0, 0.05) is 43.9 Å². The van der Waals surface area contributed by atoms with E-state index < -0.39 is 0 Å². The van der Waals surface area contributed by atoms with Gasteiger partial charge in [-0.2, -0.15) is 4.98 Å². The van der Waals surface area contributed by atoms with Crippen LogP contribution in [0.15, 0.2) is 30.6 Å². The highest BCUT2D eigenvalue weighted by molar-refractivity contribution is 5.48. The van der Waals surface area contributed by atoms with Gasteiger partial charge in [-0.25, -0.2) is 14.5 Å². The van der Waals surface area contributed by atoms with Crippen LogP contribution >= 0.6 is 0 Å². The Kier molecular flexibility index (Phi) is 4.33. The molecule has 0 saturated carbocycles. The molecule has 4 rings (SSSR count). The summed E-state index contributed by atoms with van der Waals surface area (Å²) in [5, 5.41) is 4.77. The normalized spacial score (nSPS) is 15.4. The van der Waals surface area contributed by atoms with Crippen LogP contribution in [0.3, 0.4) is 0 Å². The molecule has 0 aromatic carbocycles. The van der Waals surface area contributed by atoms with Crippen LogP contribution in [0.1, 0.15) is 26.5 Å². The molecule has 0 radical (unpaired) electrons. The minimum Gasteiger partial charge on any atom is -0.481 e. The molecule has 3 aromatic rings. The van der Waals surface area contributed by atoms with E-state index in [1.54, 1.807) is 19.4 Å². The van der Waals surface area contributed by atoms with Crippen molar-refractivity contribution in [1.29, 1.82) is 0 Å². The van der Waals surface area contributed by atoms with Crippen molar-refractivity contribution in [2.75, 3.05) is 43.1 Å². The minimum absolute atomic E-state index is 0.0101. The third-order valence-corrected chi connectivity index (χ3v) is 4.79. The Hall–Kier alpha value is -2.90. The Labute approximate surface area is 158 Å². The number of rotatable bonds is 3. The molecule has 142 valence electrons. The fraction of sp³-hybridized carbons (Fsp3) is 0.474. The quantitative estimate of drug-likeness (QED) is 0.702. The summed E-state index contributed by atoms with van der Waals surface area (Å²) in [6.45, 7) is 9.88. The molecule has 1 aliphatic rings. The molecule has 0 amide bonds. The maximum Gasteiger partial charge on any atom is 0.228 e. The van der Waals surface area contributed by atoms with Crippen molar-refractivity contribution in [1.82, 2.24) is 24.6 Å². The first kappa shape index (κ1) is 17.5. The lowest BCUT2D eigenvalue weighted by Gasteiger charge is -2.35. The number of anilines is 2. The average molecular weight is 367 g/mol. The lowest BCUT2D eigenvalue weighted by Crippen LogP contribution is -2.47. The molecular weight excluding hydrogens is 342 g/mol. The Morgan fingerprint density at radius 1 is 0.963 bits per heavy atom. The summed E-state index contributed by atoms with van der Waals surface area (Å²) in [6, 6.07) is 5.84. The molecule has 0 N–H and O–H groups in total. The number of imidazole rings is 1. The molecular formula is C19H25N7O. The van der Waals surface area contributed by atoms with E-state index in [0.29, 0.717) is 11.8 Å².